The summed E-state index contributed by atoms with van der Waals surface area (Å²) in [5, 5.41) is 0. The first kappa shape index (κ1) is 22.5. The first-order valence-electron chi connectivity index (χ1n) is 12.0. The van der Waals surface area contributed by atoms with Gasteiger partial charge in [-0.25, -0.2) is 9.98 Å². The third kappa shape index (κ3) is 4.81. The summed E-state index contributed by atoms with van der Waals surface area (Å²) in [6, 6.07) is 12.6. The molecule has 7 nitrogen and oxygen atoms in total. The quantitative estimate of drug-likeness (QED) is 0.611. The van der Waals surface area contributed by atoms with Gasteiger partial charge in [-0.15, -0.1) is 6.58 Å². The van der Waals surface area contributed by atoms with Gasteiger partial charge in [-0.1, -0.05) is 24.3 Å². The smallest absolute Gasteiger partial charge is 0.147 e. The molecule has 3 aliphatic heterocycles. The van der Waals surface area contributed by atoms with Gasteiger partial charge >= 0.3 is 0 Å². The van der Waals surface area contributed by atoms with E-state index in [2.05, 4.69) is 75.7 Å². The first-order valence-corrected chi connectivity index (χ1v) is 12.0. The lowest BCUT2D eigenvalue weighted by atomic mass is 10.0. The van der Waals surface area contributed by atoms with Crippen molar-refractivity contribution in [1.29, 1.82) is 0 Å². The number of benzene rings is 2. The van der Waals surface area contributed by atoms with E-state index in [1.54, 1.807) is 0 Å². The van der Waals surface area contributed by atoms with Crippen LogP contribution in [0.4, 0.5) is 11.5 Å². The summed E-state index contributed by atoms with van der Waals surface area (Å²) in [6.07, 6.45) is 4.66. The summed E-state index contributed by atoms with van der Waals surface area (Å²) in [5.41, 5.74) is 12.1. The number of likely N-dealkylation sites (N-methyl/N-ethyl adjacent to an activating group) is 1. The molecule has 176 valence electrons. The number of aromatic nitrogens is 2. The summed E-state index contributed by atoms with van der Waals surface area (Å²) < 4.78 is 0. The van der Waals surface area contributed by atoms with Crippen LogP contribution in [0, 0.1) is 5.92 Å². The van der Waals surface area contributed by atoms with Crippen LogP contribution in [-0.4, -0.2) is 79.0 Å². The average molecular weight is 456 g/mol. The Labute approximate surface area is 201 Å². The SMILES string of the molecule is C=CC1CN(C)C1.CN1CCN(c2cnc3ccc(-c4ccc5c(c4)N=C(N)C5)cc3n2)CC1. The molecule has 0 radical (unpaired) electrons. The van der Waals surface area contributed by atoms with Gasteiger partial charge in [0.2, 0.25) is 0 Å². The van der Waals surface area contributed by atoms with E-state index in [-0.39, 0.29) is 0 Å². The molecule has 4 heterocycles. The lowest BCUT2D eigenvalue weighted by Gasteiger charge is -2.33. The summed E-state index contributed by atoms with van der Waals surface area (Å²) in [4.78, 5) is 20.9. The second-order valence-corrected chi connectivity index (χ2v) is 9.56. The highest BCUT2D eigenvalue weighted by Crippen LogP contribution is 2.32. The maximum atomic E-state index is 5.87. The minimum absolute atomic E-state index is 0.684. The molecule has 2 N–H and O–H groups in total. The van der Waals surface area contributed by atoms with Gasteiger partial charge in [0.15, 0.2) is 0 Å². The number of hydrogen-bond donors (Lipinski definition) is 1. The molecule has 0 bridgehead atoms. The van der Waals surface area contributed by atoms with E-state index in [1.807, 2.05) is 18.3 Å². The van der Waals surface area contributed by atoms with Crippen molar-refractivity contribution >= 4 is 28.4 Å². The molecule has 34 heavy (non-hydrogen) atoms. The third-order valence-electron chi connectivity index (χ3n) is 6.84. The van der Waals surface area contributed by atoms with E-state index < -0.39 is 0 Å². The fraction of sp³-hybridized carbons (Fsp3) is 0.370. The summed E-state index contributed by atoms with van der Waals surface area (Å²) in [5.74, 6) is 2.42. The Balaban J connectivity index is 0.000000297. The topological polar surface area (TPSA) is 73.9 Å². The highest BCUT2D eigenvalue weighted by molar-refractivity contribution is 5.92. The predicted molar refractivity (Wildman–Crippen MR) is 141 cm³/mol. The van der Waals surface area contributed by atoms with E-state index in [1.165, 1.54) is 18.7 Å². The van der Waals surface area contributed by atoms with Gasteiger partial charge in [0.1, 0.15) is 11.7 Å². The molecule has 0 spiro atoms. The zero-order chi connectivity index (χ0) is 23.7. The molecule has 0 unspecified atom stereocenters. The van der Waals surface area contributed by atoms with Crippen LogP contribution in [0.2, 0.25) is 0 Å². The zero-order valence-electron chi connectivity index (χ0n) is 20.1. The van der Waals surface area contributed by atoms with Crippen LogP contribution >= 0.6 is 0 Å². The molecular weight excluding hydrogens is 422 g/mol. The van der Waals surface area contributed by atoms with Crippen molar-refractivity contribution in [1.82, 2.24) is 19.8 Å². The molecule has 7 heteroatoms. The van der Waals surface area contributed by atoms with Crippen molar-refractivity contribution in [2.24, 2.45) is 16.6 Å². The van der Waals surface area contributed by atoms with Gasteiger partial charge in [-0.3, -0.25) is 4.98 Å². The van der Waals surface area contributed by atoms with Crippen LogP contribution in [0.1, 0.15) is 5.56 Å². The summed E-state index contributed by atoms with van der Waals surface area (Å²) >= 11 is 0. The third-order valence-corrected chi connectivity index (χ3v) is 6.84. The number of piperazine rings is 1. The molecular formula is C27H33N7. The number of likely N-dealkylation sites (tertiary alicyclic amines) is 1. The molecule has 0 aliphatic carbocycles. The van der Waals surface area contributed by atoms with Crippen LogP contribution in [0.15, 0.2) is 60.2 Å². The van der Waals surface area contributed by atoms with Gasteiger partial charge in [-0.05, 0) is 49.0 Å². The molecule has 3 aliphatic rings. The second-order valence-electron chi connectivity index (χ2n) is 9.56. The lowest BCUT2D eigenvalue weighted by Crippen LogP contribution is -2.44. The minimum Gasteiger partial charge on any atom is -0.387 e. The molecule has 1 aromatic heterocycles. The fourth-order valence-electron chi connectivity index (χ4n) is 4.65. The number of fused-ring (bicyclic) bond motifs is 2. The second kappa shape index (κ2) is 9.52. The standard InChI is InChI=1S/C21H22N6.C6H11N/c1-26-6-8-27(9-7-26)21-13-23-17-5-4-15(11-19(17)25-21)14-2-3-16-12-20(22)24-18(16)10-14;1-3-6-4-7(2)5-6/h2-5,10-11,13H,6-9,12H2,1H3,(H2,22,24);3,6H,1,4-5H2,2H3. The summed E-state index contributed by atoms with van der Waals surface area (Å²) in [7, 11) is 4.28. The molecule has 2 fully saturated rings. The fourth-order valence-corrected chi connectivity index (χ4v) is 4.65. The van der Waals surface area contributed by atoms with Gasteiger partial charge in [0.05, 0.1) is 22.9 Å². The molecule has 2 saturated heterocycles. The Bertz CT molecular complexity index is 1220. The van der Waals surface area contributed by atoms with Crippen LogP contribution in [-0.2, 0) is 6.42 Å². The van der Waals surface area contributed by atoms with Crippen molar-refractivity contribution in [2.45, 2.75) is 6.42 Å². The molecule has 0 amide bonds. The Kier molecular flexibility index (Phi) is 6.30. The van der Waals surface area contributed by atoms with Crippen LogP contribution in [0.25, 0.3) is 22.2 Å². The maximum absolute atomic E-state index is 5.87. The van der Waals surface area contributed by atoms with Crippen LogP contribution in [0.5, 0.6) is 0 Å². The van der Waals surface area contributed by atoms with Crippen LogP contribution < -0.4 is 10.6 Å². The van der Waals surface area contributed by atoms with E-state index in [0.717, 1.165) is 72.2 Å². The van der Waals surface area contributed by atoms with Gasteiger partial charge in [0, 0.05) is 51.6 Å². The Morgan fingerprint density at radius 1 is 0.941 bits per heavy atom. The van der Waals surface area contributed by atoms with E-state index >= 15 is 0 Å². The normalized spacial score (nSPS) is 18.6. The summed E-state index contributed by atoms with van der Waals surface area (Å²) in [6.45, 7) is 10.2. The number of aliphatic imine (C=N–C) groups is 1. The predicted octanol–water partition coefficient (Wildman–Crippen LogP) is 3.33. The number of rotatable bonds is 3. The number of hydrogen-bond acceptors (Lipinski definition) is 7. The van der Waals surface area contributed by atoms with E-state index in [9.17, 15) is 0 Å². The highest BCUT2D eigenvalue weighted by atomic mass is 15.3. The molecule has 0 saturated carbocycles. The van der Waals surface area contributed by atoms with Gasteiger partial charge in [0.25, 0.3) is 0 Å². The first-order chi connectivity index (χ1) is 16.5. The number of amidine groups is 1. The molecule has 6 rings (SSSR count). The molecule has 2 aromatic carbocycles. The molecule has 0 atom stereocenters. The minimum atomic E-state index is 0.684. The monoisotopic (exact) mass is 455 g/mol. The molecule has 3 aromatic rings. The Hall–Kier alpha value is -3.29. The number of nitrogens with two attached hydrogens (primary N) is 1. The number of anilines is 1. The zero-order valence-corrected chi connectivity index (χ0v) is 20.1. The van der Waals surface area contributed by atoms with Crippen LogP contribution in [0.3, 0.4) is 0 Å². The Morgan fingerprint density at radius 3 is 2.38 bits per heavy atom. The Morgan fingerprint density at radius 2 is 1.68 bits per heavy atom. The van der Waals surface area contributed by atoms with Crippen molar-refractivity contribution < 1.29 is 0 Å². The average Bonchev–Trinajstić information content (AvgIpc) is 3.21. The van der Waals surface area contributed by atoms with E-state index in [0.29, 0.717) is 5.84 Å². The van der Waals surface area contributed by atoms with Gasteiger partial charge < -0.3 is 20.4 Å². The lowest BCUT2D eigenvalue weighted by molar-refractivity contribution is 0.170. The van der Waals surface area contributed by atoms with Crippen molar-refractivity contribution in [3.05, 3.63) is 60.8 Å². The van der Waals surface area contributed by atoms with Gasteiger partial charge in [-0.2, -0.15) is 0 Å². The highest BCUT2D eigenvalue weighted by Gasteiger charge is 2.19. The van der Waals surface area contributed by atoms with Crippen molar-refractivity contribution in [2.75, 3.05) is 58.3 Å². The largest absolute Gasteiger partial charge is 0.387 e. The van der Waals surface area contributed by atoms with Crippen molar-refractivity contribution in [3.8, 4) is 11.1 Å². The van der Waals surface area contributed by atoms with Crippen molar-refractivity contribution in [3.63, 3.8) is 0 Å². The number of nitrogens with zero attached hydrogens (tertiary/aromatic N) is 6. The maximum Gasteiger partial charge on any atom is 0.147 e. The van der Waals surface area contributed by atoms with E-state index in [4.69, 9.17) is 10.7 Å².